The molecule has 0 heterocycles. The van der Waals surface area contributed by atoms with Gasteiger partial charge in [0.25, 0.3) is 8.48 Å². The van der Waals surface area contributed by atoms with Crippen LogP contribution in [-0.4, -0.2) is 25.6 Å². The molecule has 0 aromatic carbocycles. The third-order valence-electron chi connectivity index (χ3n) is 1.28. The Hall–Kier alpha value is 0.451. The Morgan fingerprint density at radius 2 is 1.21 bits per heavy atom. The summed E-state index contributed by atoms with van der Waals surface area (Å²) in [6, 6.07) is 0. The predicted molar refractivity (Wildman–Crippen MR) is 64.1 cm³/mol. The molecule has 0 rings (SSSR count). The van der Waals surface area contributed by atoms with E-state index in [2.05, 4.69) is 0 Å². The standard InChI is InChI=1S/C6H22N2O3Si3/c1-12(2,8)10-14(5,6)11-13(3,4)9-7/h7-8H2,1-6H3. The molecule has 14 heavy (non-hydrogen) atoms. The Labute approximate surface area is 89.4 Å². The van der Waals surface area contributed by atoms with E-state index in [1.807, 2.05) is 39.3 Å². The molecule has 0 spiro atoms. The van der Waals surface area contributed by atoms with E-state index < -0.39 is 25.6 Å². The highest BCUT2D eigenvalue weighted by Crippen LogP contribution is 2.17. The summed E-state index contributed by atoms with van der Waals surface area (Å²) >= 11 is 0. The van der Waals surface area contributed by atoms with E-state index in [1.165, 1.54) is 0 Å². The molecule has 0 aromatic heterocycles. The van der Waals surface area contributed by atoms with Crippen LogP contribution in [0.1, 0.15) is 0 Å². The van der Waals surface area contributed by atoms with Gasteiger partial charge in [0.2, 0.25) is 0 Å². The lowest BCUT2D eigenvalue weighted by molar-refractivity contribution is 0.236. The molecule has 0 aromatic rings. The molecule has 5 nitrogen and oxygen atoms in total. The van der Waals surface area contributed by atoms with Gasteiger partial charge in [0.15, 0.2) is 0 Å². The topological polar surface area (TPSA) is 79.7 Å². The van der Waals surface area contributed by atoms with Crippen LogP contribution in [0.5, 0.6) is 0 Å². The van der Waals surface area contributed by atoms with Crippen molar-refractivity contribution in [3.8, 4) is 0 Å². The van der Waals surface area contributed by atoms with Crippen molar-refractivity contribution in [2.24, 2.45) is 11.3 Å². The molecule has 0 amide bonds. The first kappa shape index (κ1) is 14.5. The summed E-state index contributed by atoms with van der Waals surface area (Å²) in [4.78, 5) is 0. The van der Waals surface area contributed by atoms with Crippen LogP contribution in [-0.2, 0) is 12.8 Å². The van der Waals surface area contributed by atoms with E-state index in [-0.39, 0.29) is 0 Å². The molecule has 0 aliphatic rings. The summed E-state index contributed by atoms with van der Waals surface area (Å²) in [5.41, 5.74) is 0. The van der Waals surface area contributed by atoms with Crippen LogP contribution in [0.25, 0.3) is 0 Å². The third kappa shape index (κ3) is 6.84. The minimum absolute atomic E-state index is 1.89. The molecule has 0 fully saturated rings. The van der Waals surface area contributed by atoms with E-state index >= 15 is 0 Å². The minimum Gasteiger partial charge on any atom is -0.424 e. The van der Waals surface area contributed by atoms with Crippen molar-refractivity contribution in [2.75, 3.05) is 0 Å². The highest BCUT2D eigenvalue weighted by atomic mass is 28.5. The molecule has 0 aliphatic heterocycles. The first-order valence-corrected chi connectivity index (χ1v) is 13.2. The van der Waals surface area contributed by atoms with Gasteiger partial charge in [0.1, 0.15) is 0 Å². The Balaban J connectivity index is 4.35. The first-order valence-electron chi connectivity index (χ1n) is 4.54. The summed E-state index contributed by atoms with van der Waals surface area (Å²) in [5.74, 6) is 5.16. The molecule has 4 N–H and O–H groups in total. The van der Waals surface area contributed by atoms with Crippen LogP contribution in [0.2, 0.25) is 39.3 Å². The lowest BCUT2D eigenvalue weighted by atomic mass is 11.9. The maximum atomic E-state index is 5.90. The van der Waals surface area contributed by atoms with E-state index in [0.29, 0.717) is 0 Å². The zero-order valence-electron chi connectivity index (χ0n) is 9.88. The number of hydrogen-bond donors (Lipinski definition) is 2. The molecule has 0 saturated carbocycles. The Morgan fingerprint density at radius 1 is 0.786 bits per heavy atom. The second-order valence-electron chi connectivity index (χ2n) is 4.73. The lowest BCUT2D eigenvalue weighted by Gasteiger charge is -2.35. The normalized spacial score (nSPS) is 14.6. The molecule has 0 atom stereocenters. The maximum Gasteiger partial charge on any atom is 0.343 e. The molecule has 0 unspecified atom stereocenters. The van der Waals surface area contributed by atoms with E-state index in [4.69, 9.17) is 24.1 Å². The second kappa shape index (κ2) is 4.53. The average Bonchev–Trinajstić information content (AvgIpc) is 1.78. The summed E-state index contributed by atoms with van der Waals surface area (Å²) in [6.45, 7) is 11.6. The van der Waals surface area contributed by atoms with Crippen molar-refractivity contribution in [3.05, 3.63) is 0 Å². The Bertz CT molecular complexity index is 193. The van der Waals surface area contributed by atoms with Crippen LogP contribution in [0.3, 0.4) is 0 Å². The van der Waals surface area contributed by atoms with Crippen molar-refractivity contribution < 1.29 is 12.8 Å². The Morgan fingerprint density at radius 3 is 1.50 bits per heavy atom. The second-order valence-corrected chi connectivity index (χ2v) is 15.4. The van der Waals surface area contributed by atoms with E-state index in [9.17, 15) is 0 Å². The van der Waals surface area contributed by atoms with Gasteiger partial charge in [-0.25, -0.2) is 5.90 Å². The minimum atomic E-state index is -2.23. The fraction of sp³-hybridized carbons (Fsp3) is 1.00. The van der Waals surface area contributed by atoms with Gasteiger partial charge in [-0.15, -0.1) is 0 Å². The van der Waals surface area contributed by atoms with Gasteiger partial charge in [0.05, 0.1) is 0 Å². The van der Waals surface area contributed by atoms with Gasteiger partial charge in [-0.05, 0) is 39.3 Å². The smallest absolute Gasteiger partial charge is 0.343 e. The van der Waals surface area contributed by atoms with Crippen molar-refractivity contribution in [1.82, 2.24) is 0 Å². The molecule has 0 radical (unpaired) electrons. The SMILES string of the molecule is C[Si](C)(N)O[Si](C)(C)O[Si](C)(C)ON. The van der Waals surface area contributed by atoms with E-state index in [0.717, 1.165) is 0 Å². The molecular formula is C6H22N2O3Si3. The fourth-order valence-electron chi connectivity index (χ4n) is 1.27. The van der Waals surface area contributed by atoms with E-state index in [1.54, 1.807) is 0 Å². The van der Waals surface area contributed by atoms with Crippen LogP contribution < -0.4 is 11.3 Å². The summed E-state index contributed by atoms with van der Waals surface area (Å²) in [6.07, 6.45) is 0. The van der Waals surface area contributed by atoms with Gasteiger partial charge in [-0.1, -0.05) is 0 Å². The van der Waals surface area contributed by atoms with Crippen molar-refractivity contribution in [3.63, 3.8) is 0 Å². The summed E-state index contributed by atoms with van der Waals surface area (Å²) in [7, 11) is -6.48. The highest BCUT2D eigenvalue weighted by molar-refractivity contribution is 6.85. The molecule has 86 valence electrons. The highest BCUT2D eigenvalue weighted by Gasteiger charge is 2.39. The third-order valence-corrected chi connectivity index (χ3v) is 9.86. The lowest BCUT2D eigenvalue weighted by Crippen LogP contribution is -2.57. The van der Waals surface area contributed by atoms with Gasteiger partial charge in [-0.3, -0.25) is 0 Å². The maximum absolute atomic E-state index is 5.90. The van der Waals surface area contributed by atoms with Crippen molar-refractivity contribution in [1.29, 1.82) is 0 Å². The first-order chi connectivity index (χ1) is 5.97. The number of rotatable bonds is 5. The average molecular weight is 255 g/mol. The molecule has 0 bridgehead atoms. The molecule has 0 saturated heterocycles. The zero-order valence-corrected chi connectivity index (χ0v) is 12.9. The van der Waals surface area contributed by atoms with Gasteiger partial charge in [0, 0.05) is 0 Å². The monoisotopic (exact) mass is 254 g/mol. The van der Waals surface area contributed by atoms with Gasteiger partial charge in [-0.2, -0.15) is 0 Å². The molecule has 8 heteroatoms. The quantitative estimate of drug-likeness (QED) is 0.564. The van der Waals surface area contributed by atoms with Crippen LogP contribution in [0.4, 0.5) is 0 Å². The molecule has 0 aliphatic carbocycles. The van der Waals surface area contributed by atoms with Crippen molar-refractivity contribution >= 4 is 25.6 Å². The van der Waals surface area contributed by atoms with Crippen molar-refractivity contribution in [2.45, 2.75) is 39.3 Å². The predicted octanol–water partition coefficient (Wildman–Crippen LogP) is 0.974. The van der Waals surface area contributed by atoms with Crippen LogP contribution in [0, 0.1) is 0 Å². The van der Waals surface area contributed by atoms with Crippen LogP contribution in [0.15, 0.2) is 0 Å². The van der Waals surface area contributed by atoms with Gasteiger partial charge < -0.3 is 18.2 Å². The van der Waals surface area contributed by atoms with Gasteiger partial charge >= 0.3 is 17.1 Å². The zero-order chi connectivity index (χ0) is 11.6. The summed E-state index contributed by atoms with van der Waals surface area (Å²) in [5, 5.41) is 5.90. The largest absolute Gasteiger partial charge is 0.424 e. The summed E-state index contributed by atoms with van der Waals surface area (Å²) < 4.78 is 16.4. The molecular weight excluding hydrogens is 232 g/mol. The number of hydrogen-bond acceptors (Lipinski definition) is 5. The van der Waals surface area contributed by atoms with Crippen LogP contribution >= 0.6 is 0 Å². The number of nitrogens with two attached hydrogens (primary N) is 2. The Kier molecular flexibility index (Phi) is 4.68. The fourth-order valence-corrected chi connectivity index (χ4v) is 11.8.